The maximum Gasteiger partial charge on any atom is 0.262 e. The Morgan fingerprint density at radius 2 is 1.86 bits per heavy atom. The fourth-order valence-electron chi connectivity index (χ4n) is 2.10. The summed E-state index contributed by atoms with van der Waals surface area (Å²) in [6.07, 6.45) is 0.884. The number of amides is 1. The van der Waals surface area contributed by atoms with Crippen molar-refractivity contribution in [2.45, 2.75) is 27.2 Å². The van der Waals surface area contributed by atoms with Crippen LogP contribution in [0.15, 0.2) is 42.5 Å². The minimum atomic E-state index is -0.149. The van der Waals surface area contributed by atoms with Gasteiger partial charge in [-0.05, 0) is 55.2 Å². The topological polar surface area (TPSA) is 38.3 Å². The van der Waals surface area contributed by atoms with Gasteiger partial charge < -0.3 is 10.1 Å². The number of hydrogen-bond acceptors (Lipinski definition) is 2. The predicted octanol–water partition coefficient (Wildman–Crippen LogP) is 3.88. The molecule has 1 amide bonds. The molecule has 21 heavy (non-hydrogen) atoms. The molecule has 0 aromatic heterocycles. The van der Waals surface area contributed by atoms with E-state index in [-0.39, 0.29) is 12.5 Å². The highest BCUT2D eigenvalue weighted by Gasteiger charge is 2.06. The summed E-state index contributed by atoms with van der Waals surface area (Å²) >= 11 is 0. The van der Waals surface area contributed by atoms with Crippen molar-refractivity contribution in [1.82, 2.24) is 0 Å². The van der Waals surface area contributed by atoms with Crippen LogP contribution in [-0.4, -0.2) is 12.5 Å². The number of ether oxygens (including phenoxy) is 1. The number of rotatable bonds is 5. The van der Waals surface area contributed by atoms with E-state index in [4.69, 9.17) is 4.74 Å². The average molecular weight is 283 g/mol. The van der Waals surface area contributed by atoms with E-state index in [0.29, 0.717) is 0 Å². The molecule has 0 radical (unpaired) electrons. The summed E-state index contributed by atoms with van der Waals surface area (Å²) in [4.78, 5) is 11.9. The zero-order chi connectivity index (χ0) is 15.2. The van der Waals surface area contributed by atoms with Gasteiger partial charge in [-0.2, -0.15) is 0 Å². The molecule has 0 spiro atoms. The van der Waals surface area contributed by atoms with Crippen molar-refractivity contribution in [3.05, 3.63) is 59.2 Å². The number of nitrogens with one attached hydrogen (secondary N) is 1. The summed E-state index contributed by atoms with van der Waals surface area (Å²) < 4.78 is 5.60. The first-order valence-corrected chi connectivity index (χ1v) is 7.18. The first-order chi connectivity index (χ1) is 10.1. The lowest BCUT2D eigenvalue weighted by Crippen LogP contribution is -2.20. The van der Waals surface area contributed by atoms with Crippen LogP contribution >= 0.6 is 0 Å². The summed E-state index contributed by atoms with van der Waals surface area (Å²) in [5.41, 5.74) is 4.28. The van der Waals surface area contributed by atoms with Crippen LogP contribution in [0.3, 0.4) is 0 Å². The number of benzene rings is 2. The summed E-state index contributed by atoms with van der Waals surface area (Å²) in [6.45, 7) is 6.16. The molecular formula is C18H21NO2. The largest absolute Gasteiger partial charge is 0.483 e. The Balaban J connectivity index is 1.94. The summed E-state index contributed by atoms with van der Waals surface area (Å²) in [7, 11) is 0. The third-order valence-electron chi connectivity index (χ3n) is 3.50. The molecule has 0 atom stereocenters. The lowest BCUT2D eigenvalue weighted by atomic mass is 10.1. The van der Waals surface area contributed by atoms with Crippen LogP contribution in [0.2, 0.25) is 0 Å². The number of carbonyl (C=O) groups excluding carboxylic acids is 1. The molecular weight excluding hydrogens is 262 g/mol. The monoisotopic (exact) mass is 283 g/mol. The van der Waals surface area contributed by atoms with E-state index in [9.17, 15) is 4.79 Å². The Labute approximate surface area is 126 Å². The first kappa shape index (κ1) is 15.1. The molecule has 0 aliphatic heterocycles. The second-order valence-corrected chi connectivity index (χ2v) is 5.10. The van der Waals surface area contributed by atoms with Crippen LogP contribution in [0.4, 0.5) is 5.69 Å². The average Bonchev–Trinajstić information content (AvgIpc) is 2.49. The molecule has 0 bridgehead atoms. The zero-order valence-electron chi connectivity index (χ0n) is 12.8. The van der Waals surface area contributed by atoms with E-state index in [1.54, 1.807) is 0 Å². The minimum Gasteiger partial charge on any atom is -0.483 e. The molecule has 3 nitrogen and oxygen atoms in total. The highest BCUT2D eigenvalue weighted by Crippen LogP contribution is 2.18. The minimum absolute atomic E-state index is 0.0178. The quantitative estimate of drug-likeness (QED) is 0.904. The first-order valence-electron chi connectivity index (χ1n) is 7.18. The highest BCUT2D eigenvalue weighted by atomic mass is 16.5. The van der Waals surface area contributed by atoms with Crippen LogP contribution in [0.1, 0.15) is 23.6 Å². The molecule has 0 fully saturated rings. The second kappa shape index (κ2) is 6.93. The van der Waals surface area contributed by atoms with Gasteiger partial charge in [0.25, 0.3) is 5.91 Å². The Morgan fingerprint density at radius 1 is 1.10 bits per heavy atom. The van der Waals surface area contributed by atoms with Gasteiger partial charge in [-0.3, -0.25) is 4.79 Å². The van der Waals surface area contributed by atoms with Crippen LogP contribution in [-0.2, 0) is 11.2 Å². The van der Waals surface area contributed by atoms with Gasteiger partial charge in [-0.1, -0.05) is 31.2 Å². The van der Waals surface area contributed by atoms with Crippen molar-refractivity contribution in [3.63, 3.8) is 0 Å². The van der Waals surface area contributed by atoms with Gasteiger partial charge in [0, 0.05) is 5.69 Å². The standard InChI is InChI=1S/C18H21NO2/c1-4-15-7-5-6-8-17(15)21-12-18(20)19-16-10-9-13(2)14(3)11-16/h5-11H,4,12H2,1-3H3,(H,19,20). The Bertz CT molecular complexity index is 635. The van der Waals surface area contributed by atoms with Crippen LogP contribution in [0.5, 0.6) is 5.75 Å². The lowest BCUT2D eigenvalue weighted by Gasteiger charge is -2.11. The van der Waals surface area contributed by atoms with Gasteiger partial charge in [-0.25, -0.2) is 0 Å². The van der Waals surface area contributed by atoms with Gasteiger partial charge in [0.15, 0.2) is 6.61 Å². The zero-order valence-corrected chi connectivity index (χ0v) is 12.8. The molecule has 2 rings (SSSR count). The van der Waals surface area contributed by atoms with Crippen molar-refractivity contribution in [3.8, 4) is 5.75 Å². The smallest absolute Gasteiger partial charge is 0.262 e. The summed E-state index contributed by atoms with van der Waals surface area (Å²) in [5, 5.41) is 2.85. The van der Waals surface area contributed by atoms with Crippen LogP contribution in [0.25, 0.3) is 0 Å². The normalized spacial score (nSPS) is 10.2. The Morgan fingerprint density at radius 3 is 2.57 bits per heavy atom. The molecule has 110 valence electrons. The number of carbonyl (C=O) groups is 1. The van der Waals surface area contributed by atoms with Gasteiger partial charge in [-0.15, -0.1) is 0 Å². The second-order valence-electron chi connectivity index (χ2n) is 5.10. The van der Waals surface area contributed by atoms with Crippen molar-refractivity contribution >= 4 is 11.6 Å². The van der Waals surface area contributed by atoms with Gasteiger partial charge >= 0.3 is 0 Å². The van der Waals surface area contributed by atoms with Crippen molar-refractivity contribution < 1.29 is 9.53 Å². The Hall–Kier alpha value is -2.29. The molecule has 0 heterocycles. The molecule has 0 unspecified atom stereocenters. The van der Waals surface area contributed by atoms with Gasteiger partial charge in [0.05, 0.1) is 0 Å². The maximum absolute atomic E-state index is 11.9. The lowest BCUT2D eigenvalue weighted by molar-refractivity contribution is -0.118. The number of aryl methyl sites for hydroxylation is 3. The van der Waals surface area contributed by atoms with E-state index in [2.05, 4.69) is 12.2 Å². The van der Waals surface area contributed by atoms with E-state index in [1.807, 2.05) is 56.3 Å². The molecule has 2 aromatic rings. The highest BCUT2D eigenvalue weighted by molar-refractivity contribution is 5.92. The molecule has 0 aliphatic rings. The van der Waals surface area contributed by atoms with Crippen molar-refractivity contribution in [1.29, 1.82) is 0 Å². The molecule has 3 heteroatoms. The number of anilines is 1. The number of hydrogen-bond donors (Lipinski definition) is 1. The molecule has 0 aliphatic carbocycles. The molecule has 0 saturated carbocycles. The Kier molecular flexibility index (Phi) is 4.99. The maximum atomic E-state index is 11.9. The van der Waals surface area contributed by atoms with Crippen LogP contribution < -0.4 is 10.1 Å². The summed E-state index contributed by atoms with van der Waals surface area (Å²) in [6, 6.07) is 13.7. The fourth-order valence-corrected chi connectivity index (χ4v) is 2.10. The van der Waals surface area contributed by atoms with E-state index >= 15 is 0 Å². The molecule has 1 N–H and O–H groups in total. The molecule has 0 saturated heterocycles. The summed E-state index contributed by atoms with van der Waals surface area (Å²) in [5.74, 6) is 0.624. The van der Waals surface area contributed by atoms with Gasteiger partial charge in [0.2, 0.25) is 0 Å². The van der Waals surface area contributed by atoms with E-state index in [1.165, 1.54) is 5.56 Å². The van der Waals surface area contributed by atoms with E-state index < -0.39 is 0 Å². The third-order valence-corrected chi connectivity index (χ3v) is 3.50. The van der Waals surface area contributed by atoms with Crippen molar-refractivity contribution in [2.24, 2.45) is 0 Å². The van der Waals surface area contributed by atoms with Gasteiger partial charge in [0.1, 0.15) is 5.75 Å². The number of para-hydroxylation sites is 1. The molecule has 2 aromatic carbocycles. The SMILES string of the molecule is CCc1ccccc1OCC(=O)Nc1ccc(C)c(C)c1. The van der Waals surface area contributed by atoms with E-state index in [0.717, 1.165) is 29.0 Å². The van der Waals surface area contributed by atoms with Crippen LogP contribution in [0, 0.1) is 13.8 Å². The van der Waals surface area contributed by atoms with Crippen molar-refractivity contribution in [2.75, 3.05) is 11.9 Å². The third kappa shape index (κ3) is 4.09. The predicted molar refractivity (Wildman–Crippen MR) is 85.9 cm³/mol. The fraction of sp³-hybridized carbons (Fsp3) is 0.278.